The fourth-order valence-electron chi connectivity index (χ4n) is 3.07. The Balaban J connectivity index is 5.41. The third-order valence-corrected chi connectivity index (χ3v) is 4.97. The van der Waals surface area contributed by atoms with Gasteiger partial charge in [0.2, 0.25) is 17.7 Å². The number of hydrogen-bond donors (Lipinski definition) is 8. The molecular weight excluding hydrogens is 450 g/mol. The highest BCUT2D eigenvalue weighted by Crippen LogP contribution is 2.07. The van der Waals surface area contributed by atoms with Gasteiger partial charge in [-0.1, -0.05) is 20.3 Å². The fourth-order valence-corrected chi connectivity index (χ4v) is 3.07. The summed E-state index contributed by atoms with van der Waals surface area (Å²) in [5.41, 5.74) is 11.2. The molecule has 0 heterocycles. The van der Waals surface area contributed by atoms with Crippen LogP contribution in [-0.2, 0) is 24.0 Å². The number of nitrogens with one attached hydrogen (secondary N) is 3. The molecule has 196 valence electrons. The largest absolute Gasteiger partial charge is 0.481 e. The van der Waals surface area contributed by atoms with E-state index in [0.717, 1.165) is 0 Å². The molecule has 0 spiro atoms. The minimum absolute atomic E-state index is 0.0503. The Morgan fingerprint density at radius 2 is 1.41 bits per heavy atom. The normalized spacial score (nSPS) is 15.5. The number of aliphatic hydroxyl groups excluding tert-OH is 1. The Morgan fingerprint density at radius 3 is 1.88 bits per heavy atom. The third kappa shape index (κ3) is 12.5. The summed E-state index contributed by atoms with van der Waals surface area (Å²) in [6, 6.07) is -5.07. The highest BCUT2D eigenvalue weighted by Gasteiger charge is 2.33. The maximum Gasteiger partial charge on any atom is 0.326 e. The third-order valence-electron chi connectivity index (χ3n) is 4.97. The fraction of sp³-hybridized carbons (Fsp3) is 0.762. The van der Waals surface area contributed by atoms with E-state index >= 15 is 0 Å². The van der Waals surface area contributed by atoms with E-state index in [4.69, 9.17) is 16.6 Å². The second-order valence-electron chi connectivity index (χ2n) is 8.64. The number of carboxylic acid groups (broad SMARTS) is 2. The molecule has 0 aliphatic rings. The van der Waals surface area contributed by atoms with E-state index in [0.29, 0.717) is 25.8 Å². The number of carbonyl (C=O) groups is 5. The van der Waals surface area contributed by atoms with Crippen LogP contribution >= 0.6 is 0 Å². The van der Waals surface area contributed by atoms with Crippen molar-refractivity contribution in [2.24, 2.45) is 17.4 Å². The summed E-state index contributed by atoms with van der Waals surface area (Å²) in [7, 11) is 0. The zero-order valence-corrected chi connectivity index (χ0v) is 20.0. The highest BCUT2D eigenvalue weighted by atomic mass is 16.4. The number of hydrogen-bond acceptors (Lipinski definition) is 8. The Hall–Kier alpha value is -2.77. The lowest BCUT2D eigenvalue weighted by molar-refractivity contribution is -0.143. The summed E-state index contributed by atoms with van der Waals surface area (Å²) < 4.78 is 0. The van der Waals surface area contributed by atoms with E-state index in [-0.39, 0.29) is 18.8 Å². The average Bonchev–Trinajstić information content (AvgIpc) is 2.73. The first kappa shape index (κ1) is 31.2. The van der Waals surface area contributed by atoms with Crippen molar-refractivity contribution >= 4 is 29.7 Å². The number of aliphatic carboxylic acids is 2. The monoisotopic (exact) mass is 489 g/mol. The van der Waals surface area contributed by atoms with Crippen molar-refractivity contribution in [3.8, 4) is 0 Å². The van der Waals surface area contributed by atoms with E-state index in [1.165, 1.54) is 6.92 Å². The quantitative estimate of drug-likeness (QED) is 0.107. The molecule has 0 fully saturated rings. The number of carbonyl (C=O) groups excluding carboxylic acids is 3. The van der Waals surface area contributed by atoms with Crippen LogP contribution in [0.4, 0.5) is 0 Å². The minimum atomic E-state index is -1.54. The molecule has 13 nitrogen and oxygen atoms in total. The van der Waals surface area contributed by atoms with Crippen molar-refractivity contribution in [2.75, 3.05) is 6.54 Å². The van der Waals surface area contributed by atoms with Gasteiger partial charge in [-0.25, -0.2) is 4.79 Å². The van der Waals surface area contributed by atoms with Crippen LogP contribution in [0.1, 0.15) is 59.3 Å². The molecule has 0 saturated carbocycles. The van der Waals surface area contributed by atoms with Crippen LogP contribution in [0.25, 0.3) is 0 Å². The summed E-state index contributed by atoms with van der Waals surface area (Å²) in [6.45, 7) is 5.20. The van der Waals surface area contributed by atoms with E-state index in [1.54, 1.807) is 13.8 Å². The van der Waals surface area contributed by atoms with Crippen LogP contribution < -0.4 is 27.4 Å². The lowest BCUT2D eigenvalue weighted by atomic mass is 10.0. The number of unbranched alkanes of at least 4 members (excludes halogenated alkanes) is 1. The SMILES string of the molecule is CC(C)CC(NC(=O)C(NC(=O)C(CCC(=O)O)NC(=O)C(N)CCCCN)C(C)O)C(=O)O. The molecule has 34 heavy (non-hydrogen) atoms. The molecule has 13 heteroatoms. The van der Waals surface area contributed by atoms with Crippen LogP contribution in [0.2, 0.25) is 0 Å². The summed E-state index contributed by atoms with van der Waals surface area (Å²) in [4.78, 5) is 60.2. The van der Waals surface area contributed by atoms with Crippen molar-refractivity contribution in [3.05, 3.63) is 0 Å². The number of aliphatic hydroxyl groups is 1. The average molecular weight is 490 g/mol. The van der Waals surface area contributed by atoms with E-state index in [9.17, 15) is 34.2 Å². The lowest BCUT2D eigenvalue weighted by Crippen LogP contribution is -2.60. The molecule has 0 aromatic carbocycles. The van der Waals surface area contributed by atoms with Gasteiger partial charge in [0, 0.05) is 6.42 Å². The standard InChI is InChI=1S/C21H39N5O8/c1-11(2)10-15(21(33)34)25-20(32)17(12(3)27)26-19(31)14(7-8-16(28)29)24-18(30)13(23)6-4-5-9-22/h11-15,17,27H,4-10,22-23H2,1-3H3,(H,24,30)(H,25,32)(H,26,31)(H,28,29)(H,33,34). The second-order valence-corrected chi connectivity index (χ2v) is 8.64. The van der Waals surface area contributed by atoms with Gasteiger partial charge in [0.15, 0.2) is 0 Å². The van der Waals surface area contributed by atoms with Crippen molar-refractivity contribution in [1.82, 2.24) is 16.0 Å². The molecule has 0 aliphatic heterocycles. The molecule has 0 radical (unpaired) electrons. The van der Waals surface area contributed by atoms with Gasteiger partial charge in [0.1, 0.15) is 18.1 Å². The van der Waals surface area contributed by atoms with Crippen molar-refractivity contribution in [3.63, 3.8) is 0 Å². The summed E-state index contributed by atoms with van der Waals surface area (Å²) in [6.07, 6.45) is -0.482. The van der Waals surface area contributed by atoms with Crippen LogP contribution in [0.15, 0.2) is 0 Å². The lowest BCUT2D eigenvalue weighted by Gasteiger charge is -2.26. The van der Waals surface area contributed by atoms with Crippen LogP contribution in [0, 0.1) is 5.92 Å². The highest BCUT2D eigenvalue weighted by molar-refractivity contribution is 5.94. The topological polar surface area (TPSA) is 234 Å². The molecule has 10 N–H and O–H groups in total. The van der Waals surface area contributed by atoms with Gasteiger partial charge in [-0.05, 0) is 45.1 Å². The van der Waals surface area contributed by atoms with Gasteiger partial charge in [-0.2, -0.15) is 0 Å². The Bertz CT molecular complexity index is 701. The number of nitrogens with two attached hydrogens (primary N) is 2. The summed E-state index contributed by atoms with van der Waals surface area (Å²) in [5, 5.41) is 35.3. The van der Waals surface area contributed by atoms with Crippen LogP contribution in [0.3, 0.4) is 0 Å². The number of amides is 3. The Morgan fingerprint density at radius 1 is 0.824 bits per heavy atom. The maximum atomic E-state index is 12.8. The number of rotatable bonds is 17. The van der Waals surface area contributed by atoms with Crippen LogP contribution in [0.5, 0.6) is 0 Å². The molecule has 0 saturated heterocycles. The number of carboxylic acids is 2. The molecule has 0 aromatic rings. The first-order valence-electron chi connectivity index (χ1n) is 11.3. The Labute approximate surface area is 199 Å². The molecule has 0 rings (SSSR count). The van der Waals surface area contributed by atoms with Gasteiger partial charge in [-0.15, -0.1) is 0 Å². The molecular formula is C21H39N5O8. The molecule has 5 unspecified atom stereocenters. The van der Waals surface area contributed by atoms with E-state index < -0.39 is 66.4 Å². The van der Waals surface area contributed by atoms with Crippen LogP contribution in [-0.4, -0.2) is 81.8 Å². The van der Waals surface area contributed by atoms with E-state index in [1.807, 2.05) is 0 Å². The summed E-state index contributed by atoms with van der Waals surface area (Å²) in [5.74, 6) is -5.05. The molecule has 3 amide bonds. The van der Waals surface area contributed by atoms with Gasteiger partial charge in [-0.3, -0.25) is 19.2 Å². The van der Waals surface area contributed by atoms with E-state index in [2.05, 4.69) is 16.0 Å². The van der Waals surface area contributed by atoms with Gasteiger partial charge >= 0.3 is 11.9 Å². The van der Waals surface area contributed by atoms with Gasteiger partial charge in [0.05, 0.1) is 12.1 Å². The van der Waals surface area contributed by atoms with Crippen molar-refractivity contribution in [2.45, 2.75) is 89.6 Å². The second kappa shape index (κ2) is 16.0. The molecule has 0 bridgehead atoms. The van der Waals surface area contributed by atoms with Gasteiger partial charge in [0.25, 0.3) is 0 Å². The predicted octanol–water partition coefficient (Wildman–Crippen LogP) is -1.73. The minimum Gasteiger partial charge on any atom is -0.481 e. The zero-order valence-electron chi connectivity index (χ0n) is 20.0. The Kier molecular flexibility index (Phi) is 14.7. The maximum absolute atomic E-state index is 12.8. The molecule has 0 aromatic heterocycles. The first-order valence-corrected chi connectivity index (χ1v) is 11.3. The predicted molar refractivity (Wildman–Crippen MR) is 122 cm³/mol. The van der Waals surface area contributed by atoms with Gasteiger partial charge < -0.3 is 42.7 Å². The smallest absolute Gasteiger partial charge is 0.326 e. The zero-order chi connectivity index (χ0) is 26.4. The first-order chi connectivity index (χ1) is 15.8. The molecule has 0 aliphatic carbocycles. The van der Waals surface area contributed by atoms with Crippen molar-refractivity contribution in [1.29, 1.82) is 0 Å². The molecule has 5 atom stereocenters. The van der Waals surface area contributed by atoms with Crippen molar-refractivity contribution < 1.29 is 39.3 Å². The summed E-state index contributed by atoms with van der Waals surface area (Å²) >= 11 is 0.